The van der Waals surface area contributed by atoms with Gasteiger partial charge in [0.2, 0.25) is 0 Å². The monoisotopic (exact) mass is 518 g/mol. The van der Waals surface area contributed by atoms with Crippen LogP contribution in [0.5, 0.6) is 5.75 Å². The van der Waals surface area contributed by atoms with E-state index >= 15 is 0 Å². The van der Waals surface area contributed by atoms with Crippen molar-refractivity contribution in [1.82, 2.24) is 9.55 Å². The highest BCUT2D eigenvalue weighted by Crippen LogP contribution is 2.26. The lowest BCUT2D eigenvalue weighted by atomic mass is 10.2. The first kappa shape index (κ1) is 16.0. The lowest BCUT2D eigenvalue weighted by molar-refractivity contribution is 0.340. The second kappa shape index (κ2) is 7.16. The second-order valence-corrected chi connectivity index (χ2v) is 6.41. The fraction of sp³-hybridized carbons (Fsp3) is 0.235. The van der Waals surface area contributed by atoms with Gasteiger partial charge in [-0.05, 0) is 48.9 Å². The highest BCUT2D eigenvalue weighted by atomic mass is 127. The minimum Gasteiger partial charge on any atom is -0.494 e. The van der Waals surface area contributed by atoms with Crippen molar-refractivity contribution < 1.29 is 4.74 Å². The molecule has 0 amide bonds. The van der Waals surface area contributed by atoms with Gasteiger partial charge in [-0.1, -0.05) is 51.2 Å². The zero-order valence-corrected chi connectivity index (χ0v) is 16.5. The summed E-state index contributed by atoms with van der Waals surface area (Å²) in [6.45, 7) is 2.68. The molecule has 1 heterocycles. The third kappa shape index (κ3) is 3.10. The first-order valence-corrected chi connectivity index (χ1v) is 10.2. The number of imidazole rings is 1. The Morgan fingerprint density at radius 1 is 1.05 bits per heavy atom. The SMILES string of the molecule is CCOc1ccc(-n2c(CI)nc3cc(CI)ccc32)cc1. The van der Waals surface area contributed by atoms with E-state index in [-0.39, 0.29) is 0 Å². The number of fused-ring (bicyclic) bond motifs is 1. The van der Waals surface area contributed by atoms with Gasteiger partial charge in [0.05, 0.1) is 22.1 Å². The maximum Gasteiger partial charge on any atom is 0.124 e. The van der Waals surface area contributed by atoms with Gasteiger partial charge >= 0.3 is 0 Å². The van der Waals surface area contributed by atoms with Gasteiger partial charge < -0.3 is 4.74 Å². The molecule has 3 rings (SSSR count). The van der Waals surface area contributed by atoms with Crippen LogP contribution < -0.4 is 4.74 Å². The fourth-order valence-corrected chi connectivity index (χ4v) is 3.48. The molecule has 0 saturated carbocycles. The molecule has 22 heavy (non-hydrogen) atoms. The number of aromatic nitrogens is 2. The summed E-state index contributed by atoms with van der Waals surface area (Å²) < 4.78 is 9.63. The average molecular weight is 518 g/mol. The molecule has 3 aromatic rings. The summed E-state index contributed by atoms with van der Waals surface area (Å²) in [6, 6.07) is 14.7. The average Bonchev–Trinajstić information content (AvgIpc) is 2.93. The van der Waals surface area contributed by atoms with Gasteiger partial charge in [0, 0.05) is 10.1 Å². The molecule has 0 fully saturated rings. The number of rotatable bonds is 5. The molecule has 0 aliphatic heterocycles. The molecule has 0 atom stereocenters. The van der Waals surface area contributed by atoms with Crippen molar-refractivity contribution in [3.8, 4) is 11.4 Å². The van der Waals surface area contributed by atoms with Gasteiger partial charge in [0.1, 0.15) is 11.6 Å². The summed E-state index contributed by atoms with van der Waals surface area (Å²) in [5.74, 6) is 1.98. The molecule has 2 aromatic carbocycles. The van der Waals surface area contributed by atoms with Crippen LogP contribution in [0.25, 0.3) is 16.7 Å². The molecule has 1 aromatic heterocycles. The number of halogens is 2. The zero-order valence-electron chi connectivity index (χ0n) is 12.2. The molecule has 0 radical (unpaired) electrons. The summed E-state index contributed by atoms with van der Waals surface area (Å²) in [7, 11) is 0. The second-order valence-electron chi connectivity index (χ2n) is 4.88. The summed E-state index contributed by atoms with van der Waals surface area (Å²) in [5.41, 5.74) is 4.66. The zero-order chi connectivity index (χ0) is 15.5. The molecule has 0 aliphatic rings. The molecule has 0 spiro atoms. The Kier molecular flexibility index (Phi) is 5.22. The smallest absolute Gasteiger partial charge is 0.124 e. The van der Waals surface area contributed by atoms with Crippen LogP contribution in [0.1, 0.15) is 18.3 Å². The predicted molar refractivity (Wildman–Crippen MR) is 108 cm³/mol. The van der Waals surface area contributed by atoms with Crippen molar-refractivity contribution in [1.29, 1.82) is 0 Å². The Morgan fingerprint density at radius 3 is 2.45 bits per heavy atom. The van der Waals surface area contributed by atoms with Crippen LogP contribution in [0, 0.1) is 0 Å². The molecule has 5 heteroatoms. The Bertz CT molecular complexity index is 781. The quantitative estimate of drug-likeness (QED) is 0.339. The van der Waals surface area contributed by atoms with Crippen molar-refractivity contribution in [2.45, 2.75) is 15.8 Å². The fourth-order valence-electron chi connectivity index (χ4n) is 2.49. The van der Waals surface area contributed by atoms with Gasteiger partial charge in [-0.3, -0.25) is 4.57 Å². The number of alkyl halides is 2. The minimum atomic E-state index is 0.686. The topological polar surface area (TPSA) is 27.1 Å². The van der Waals surface area contributed by atoms with Crippen molar-refractivity contribution in [3.05, 3.63) is 53.9 Å². The molecular formula is C17H16I2N2O. The largest absolute Gasteiger partial charge is 0.494 e. The predicted octanol–water partition coefficient (Wildman–Crippen LogP) is 5.29. The minimum absolute atomic E-state index is 0.686. The molecule has 0 N–H and O–H groups in total. The molecule has 0 aliphatic carbocycles. The summed E-state index contributed by atoms with van der Waals surface area (Å²) in [4.78, 5) is 4.80. The molecule has 0 saturated heterocycles. The van der Waals surface area contributed by atoms with E-state index in [1.807, 2.05) is 19.1 Å². The van der Waals surface area contributed by atoms with Gasteiger partial charge in [0.15, 0.2) is 0 Å². The Labute approximate surface area is 157 Å². The van der Waals surface area contributed by atoms with Gasteiger partial charge in [-0.25, -0.2) is 4.98 Å². The van der Waals surface area contributed by atoms with Crippen LogP contribution in [0.15, 0.2) is 42.5 Å². The Hall–Kier alpha value is -0.830. The standard InChI is InChI=1S/C17H16I2N2O/c1-2-22-14-6-4-13(5-7-14)21-16-8-3-12(10-18)9-15(16)20-17(21)11-19/h3-9H,2,10-11H2,1H3. The van der Waals surface area contributed by atoms with E-state index in [0.717, 1.165) is 37.1 Å². The number of nitrogens with zero attached hydrogens (tertiary/aromatic N) is 2. The Balaban J connectivity index is 2.12. The van der Waals surface area contributed by atoms with E-state index in [2.05, 4.69) is 80.1 Å². The first-order valence-electron chi connectivity index (χ1n) is 7.12. The van der Waals surface area contributed by atoms with E-state index in [1.54, 1.807) is 0 Å². The van der Waals surface area contributed by atoms with E-state index in [1.165, 1.54) is 5.56 Å². The van der Waals surface area contributed by atoms with Gasteiger partial charge in [0.25, 0.3) is 0 Å². The maximum absolute atomic E-state index is 5.53. The normalized spacial score (nSPS) is 11.0. The molecule has 0 unspecified atom stereocenters. The molecular weight excluding hydrogens is 502 g/mol. The van der Waals surface area contributed by atoms with Crippen LogP contribution in [0.2, 0.25) is 0 Å². The van der Waals surface area contributed by atoms with Crippen LogP contribution >= 0.6 is 45.2 Å². The molecule has 114 valence electrons. The van der Waals surface area contributed by atoms with E-state index in [4.69, 9.17) is 9.72 Å². The Morgan fingerprint density at radius 2 is 1.82 bits per heavy atom. The van der Waals surface area contributed by atoms with Crippen LogP contribution in [0.3, 0.4) is 0 Å². The maximum atomic E-state index is 5.53. The molecule has 3 nitrogen and oxygen atoms in total. The van der Waals surface area contributed by atoms with Crippen molar-refractivity contribution in [2.75, 3.05) is 6.61 Å². The van der Waals surface area contributed by atoms with Crippen molar-refractivity contribution >= 4 is 56.2 Å². The highest BCUT2D eigenvalue weighted by molar-refractivity contribution is 14.1. The van der Waals surface area contributed by atoms with Gasteiger partial charge in [-0.2, -0.15) is 0 Å². The third-order valence-electron chi connectivity index (χ3n) is 3.47. The highest BCUT2D eigenvalue weighted by Gasteiger charge is 2.12. The summed E-state index contributed by atoms with van der Waals surface area (Å²) in [6.07, 6.45) is 0. The number of benzene rings is 2. The summed E-state index contributed by atoms with van der Waals surface area (Å²) in [5, 5.41) is 0. The number of hydrogen-bond acceptors (Lipinski definition) is 2. The van der Waals surface area contributed by atoms with Crippen molar-refractivity contribution in [2.24, 2.45) is 0 Å². The first-order chi connectivity index (χ1) is 10.8. The van der Waals surface area contributed by atoms with Crippen molar-refractivity contribution in [3.63, 3.8) is 0 Å². The number of hydrogen-bond donors (Lipinski definition) is 0. The van der Waals surface area contributed by atoms with Gasteiger partial charge in [-0.15, -0.1) is 0 Å². The lowest BCUT2D eigenvalue weighted by Crippen LogP contribution is -1.99. The molecule has 0 bridgehead atoms. The van der Waals surface area contributed by atoms with Crippen LogP contribution in [-0.2, 0) is 8.86 Å². The lowest BCUT2D eigenvalue weighted by Gasteiger charge is -2.09. The third-order valence-corrected chi connectivity index (χ3v) is 5.03. The van der Waals surface area contributed by atoms with E-state index in [0.29, 0.717) is 6.61 Å². The van der Waals surface area contributed by atoms with E-state index < -0.39 is 0 Å². The van der Waals surface area contributed by atoms with E-state index in [9.17, 15) is 0 Å². The number of ether oxygens (including phenoxy) is 1. The summed E-state index contributed by atoms with van der Waals surface area (Å²) >= 11 is 4.75. The van der Waals surface area contributed by atoms with Crippen LogP contribution in [0.4, 0.5) is 0 Å². The van der Waals surface area contributed by atoms with Crippen LogP contribution in [-0.4, -0.2) is 16.2 Å².